The molecule has 0 aliphatic carbocycles. The summed E-state index contributed by atoms with van der Waals surface area (Å²) in [7, 11) is 0. The standard InChI is InChI=1S/C20H14N2O3/c23-10-11-5-6-17(24)18-14(11)9-16-19-13(7-8-22(16)20(18)25)12-3-1-2-4-15(12)21-19/h1-6,9-10,21,24H,7-8H2. The molecule has 5 rings (SSSR count). The van der Waals surface area contributed by atoms with Gasteiger partial charge in [0.25, 0.3) is 5.56 Å². The number of aldehydes is 1. The highest BCUT2D eigenvalue weighted by molar-refractivity contribution is 6.02. The van der Waals surface area contributed by atoms with Gasteiger partial charge in [0.1, 0.15) is 5.75 Å². The van der Waals surface area contributed by atoms with Gasteiger partial charge in [0, 0.05) is 28.4 Å². The van der Waals surface area contributed by atoms with Gasteiger partial charge in [-0.3, -0.25) is 9.59 Å². The van der Waals surface area contributed by atoms with Crippen molar-refractivity contribution >= 4 is 28.0 Å². The third kappa shape index (κ3) is 1.78. The van der Waals surface area contributed by atoms with E-state index in [2.05, 4.69) is 11.1 Å². The Morgan fingerprint density at radius 1 is 1.12 bits per heavy atom. The van der Waals surface area contributed by atoms with Crippen LogP contribution in [0.1, 0.15) is 15.9 Å². The maximum Gasteiger partial charge on any atom is 0.262 e. The topological polar surface area (TPSA) is 75.1 Å². The lowest BCUT2D eigenvalue weighted by Crippen LogP contribution is -2.26. The Hall–Kier alpha value is -3.34. The monoisotopic (exact) mass is 330 g/mol. The Bertz CT molecular complexity index is 1250. The van der Waals surface area contributed by atoms with Crippen molar-refractivity contribution in [3.63, 3.8) is 0 Å². The lowest BCUT2D eigenvalue weighted by atomic mass is 9.98. The van der Waals surface area contributed by atoms with Crippen molar-refractivity contribution in [2.24, 2.45) is 0 Å². The Morgan fingerprint density at radius 3 is 2.80 bits per heavy atom. The van der Waals surface area contributed by atoms with E-state index >= 15 is 0 Å². The normalized spacial score (nSPS) is 13.0. The van der Waals surface area contributed by atoms with Crippen LogP contribution in [0.4, 0.5) is 0 Å². The number of carbonyl (C=O) groups is 1. The maximum absolute atomic E-state index is 13.0. The van der Waals surface area contributed by atoms with Gasteiger partial charge in [0.2, 0.25) is 0 Å². The van der Waals surface area contributed by atoms with Crippen LogP contribution in [0, 0.1) is 0 Å². The number of para-hydroxylation sites is 1. The molecule has 5 nitrogen and oxygen atoms in total. The van der Waals surface area contributed by atoms with Crippen LogP contribution in [0.5, 0.6) is 5.75 Å². The molecular weight excluding hydrogens is 316 g/mol. The van der Waals surface area contributed by atoms with Crippen LogP contribution < -0.4 is 5.56 Å². The van der Waals surface area contributed by atoms with Gasteiger partial charge >= 0.3 is 0 Å². The van der Waals surface area contributed by atoms with Crippen molar-refractivity contribution in [2.75, 3.05) is 0 Å². The number of rotatable bonds is 1. The molecule has 5 heteroatoms. The molecule has 0 amide bonds. The average molecular weight is 330 g/mol. The third-order valence-electron chi connectivity index (χ3n) is 5.07. The number of benzene rings is 2. The molecular formula is C20H14N2O3. The maximum atomic E-state index is 13.0. The molecule has 0 fully saturated rings. The van der Waals surface area contributed by atoms with Crippen molar-refractivity contribution in [3.05, 3.63) is 63.9 Å². The highest BCUT2D eigenvalue weighted by atomic mass is 16.3. The van der Waals surface area contributed by atoms with Gasteiger partial charge in [-0.15, -0.1) is 0 Å². The van der Waals surface area contributed by atoms with Gasteiger partial charge in [-0.2, -0.15) is 0 Å². The fraction of sp³-hybridized carbons (Fsp3) is 0.100. The fourth-order valence-electron chi connectivity index (χ4n) is 3.90. The van der Waals surface area contributed by atoms with Gasteiger partial charge in [-0.1, -0.05) is 18.2 Å². The summed E-state index contributed by atoms with van der Waals surface area (Å²) in [6.45, 7) is 0.545. The summed E-state index contributed by atoms with van der Waals surface area (Å²) < 4.78 is 1.67. The van der Waals surface area contributed by atoms with E-state index in [0.29, 0.717) is 23.8 Å². The van der Waals surface area contributed by atoms with E-state index < -0.39 is 0 Å². The summed E-state index contributed by atoms with van der Waals surface area (Å²) in [4.78, 5) is 27.8. The number of H-pyrrole nitrogens is 1. The number of nitrogens with one attached hydrogen (secondary N) is 1. The molecule has 25 heavy (non-hydrogen) atoms. The fourth-order valence-corrected chi connectivity index (χ4v) is 3.90. The van der Waals surface area contributed by atoms with Crippen molar-refractivity contribution in [1.29, 1.82) is 0 Å². The van der Waals surface area contributed by atoms with Crippen LogP contribution in [0.25, 0.3) is 33.1 Å². The Labute approximate surface area is 142 Å². The molecule has 4 aromatic rings. The number of hydrogen-bond acceptors (Lipinski definition) is 3. The summed E-state index contributed by atoms with van der Waals surface area (Å²) >= 11 is 0. The van der Waals surface area contributed by atoms with Gasteiger partial charge in [-0.05, 0) is 36.2 Å². The number of pyridine rings is 1. The van der Waals surface area contributed by atoms with Crippen LogP contribution in [-0.2, 0) is 13.0 Å². The molecule has 0 saturated carbocycles. The number of aromatic amines is 1. The summed E-state index contributed by atoms with van der Waals surface area (Å²) in [5.41, 5.74) is 4.01. The minimum Gasteiger partial charge on any atom is -0.507 e. The van der Waals surface area contributed by atoms with E-state index in [4.69, 9.17) is 0 Å². The highest BCUT2D eigenvalue weighted by Gasteiger charge is 2.24. The van der Waals surface area contributed by atoms with E-state index in [1.54, 1.807) is 4.57 Å². The van der Waals surface area contributed by atoms with Crippen molar-refractivity contribution in [3.8, 4) is 17.1 Å². The molecule has 1 aliphatic rings. The van der Waals surface area contributed by atoms with Crippen LogP contribution >= 0.6 is 0 Å². The van der Waals surface area contributed by atoms with Gasteiger partial charge in [0.05, 0.1) is 16.8 Å². The van der Waals surface area contributed by atoms with Gasteiger partial charge in [-0.25, -0.2) is 0 Å². The predicted octanol–water partition coefficient (Wildman–Crippen LogP) is 3.22. The average Bonchev–Trinajstić information content (AvgIpc) is 3.01. The smallest absolute Gasteiger partial charge is 0.262 e. The number of carbonyl (C=O) groups excluding carboxylic acids is 1. The van der Waals surface area contributed by atoms with Crippen LogP contribution in [0.15, 0.2) is 47.3 Å². The summed E-state index contributed by atoms with van der Waals surface area (Å²) in [6, 6.07) is 12.8. The first kappa shape index (κ1) is 14.0. The van der Waals surface area contributed by atoms with Crippen LogP contribution in [0.3, 0.4) is 0 Å². The predicted molar refractivity (Wildman–Crippen MR) is 96.3 cm³/mol. The lowest BCUT2D eigenvalue weighted by molar-refractivity contribution is 0.112. The molecule has 0 unspecified atom stereocenters. The SMILES string of the molecule is O=Cc1ccc(O)c2c(=O)n3c(cc12)-c1[nH]c2ccccc2c1CC3. The molecule has 0 atom stereocenters. The molecule has 0 spiro atoms. The van der Waals surface area contributed by atoms with E-state index in [0.717, 1.165) is 28.7 Å². The van der Waals surface area contributed by atoms with E-state index in [1.165, 1.54) is 17.7 Å². The van der Waals surface area contributed by atoms with Gasteiger partial charge in [0.15, 0.2) is 6.29 Å². The zero-order valence-electron chi connectivity index (χ0n) is 13.2. The quantitative estimate of drug-likeness (QED) is 0.526. The molecule has 122 valence electrons. The molecule has 0 saturated heterocycles. The molecule has 2 aromatic heterocycles. The van der Waals surface area contributed by atoms with Crippen LogP contribution in [-0.4, -0.2) is 20.9 Å². The summed E-state index contributed by atoms with van der Waals surface area (Å²) in [5, 5.41) is 12.0. The minimum absolute atomic E-state index is 0.0941. The molecule has 2 aromatic carbocycles. The summed E-state index contributed by atoms with van der Waals surface area (Å²) in [6.07, 6.45) is 1.46. The second-order valence-electron chi connectivity index (χ2n) is 6.34. The Morgan fingerprint density at radius 2 is 1.96 bits per heavy atom. The van der Waals surface area contributed by atoms with Crippen molar-refractivity contribution < 1.29 is 9.90 Å². The third-order valence-corrected chi connectivity index (χ3v) is 5.07. The summed E-state index contributed by atoms with van der Waals surface area (Å²) in [5.74, 6) is -0.0941. The number of fused-ring (bicyclic) bond motifs is 6. The van der Waals surface area contributed by atoms with Crippen molar-refractivity contribution in [2.45, 2.75) is 13.0 Å². The highest BCUT2D eigenvalue weighted by Crippen LogP contribution is 2.36. The molecule has 2 N–H and O–H groups in total. The molecule has 0 radical (unpaired) electrons. The molecule has 1 aliphatic heterocycles. The first-order chi connectivity index (χ1) is 12.2. The van der Waals surface area contributed by atoms with E-state index in [9.17, 15) is 14.7 Å². The van der Waals surface area contributed by atoms with Gasteiger partial charge < -0.3 is 14.7 Å². The number of aryl methyl sites for hydroxylation is 1. The number of aromatic hydroxyl groups is 1. The number of phenolic OH excluding ortho intramolecular Hbond substituents is 1. The van der Waals surface area contributed by atoms with Crippen molar-refractivity contribution in [1.82, 2.24) is 9.55 Å². The number of aromatic nitrogens is 2. The number of phenols is 1. The molecule has 3 heterocycles. The Kier molecular flexibility index (Phi) is 2.71. The largest absolute Gasteiger partial charge is 0.507 e. The second kappa shape index (κ2) is 4.83. The van der Waals surface area contributed by atoms with Crippen LogP contribution in [0.2, 0.25) is 0 Å². The Balaban J connectivity index is 1.94. The first-order valence-electron chi connectivity index (χ1n) is 8.13. The molecule has 0 bridgehead atoms. The zero-order chi connectivity index (χ0) is 17.1. The lowest BCUT2D eigenvalue weighted by Gasteiger charge is -2.20. The van der Waals surface area contributed by atoms with E-state index in [1.807, 2.05) is 24.3 Å². The second-order valence-corrected chi connectivity index (χ2v) is 6.34. The minimum atomic E-state index is -0.266. The first-order valence-corrected chi connectivity index (χ1v) is 8.13. The van der Waals surface area contributed by atoms with E-state index in [-0.39, 0.29) is 16.7 Å². The zero-order valence-corrected chi connectivity index (χ0v) is 13.2. The number of hydrogen-bond donors (Lipinski definition) is 2. The number of nitrogens with zero attached hydrogens (tertiary/aromatic N) is 1.